The normalized spacial score (nSPS) is 34.6. The van der Waals surface area contributed by atoms with Crippen LogP contribution in [0, 0.1) is 5.92 Å². The fraction of sp³-hybridized carbons (Fsp3) is 0.462. The van der Waals surface area contributed by atoms with Gasteiger partial charge in [-0.15, -0.1) is 0 Å². The smallest absolute Gasteiger partial charge is 0.339 e. The monoisotopic (exact) mass is 422 g/mol. The standard InChI is InChI=1S/C26H30O5/c1-16(2)21-15-20-17(3)24(27)30-22(20)23-26(4,31-23)14-10-6-5-7-11-18-12-8-9-13-19(18)25(28)29-21/h5,7-9,12-13,20-23H,1,3,6,10-11,14-15H2,2,4H3/b7-5-/t20-,21-,22-,23-,26+/m0/s1. The Labute approximate surface area is 183 Å². The molecule has 2 fully saturated rings. The third-order valence-corrected chi connectivity index (χ3v) is 6.64. The highest BCUT2D eigenvalue weighted by molar-refractivity contribution is 5.92. The van der Waals surface area contributed by atoms with Crippen molar-refractivity contribution in [2.45, 2.75) is 69.9 Å². The van der Waals surface area contributed by atoms with E-state index in [1.165, 1.54) is 0 Å². The summed E-state index contributed by atoms with van der Waals surface area (Å²) in [5.41, 5.74) is 2.31. The Morgan fingerprint density at radius 3 is 2.68 bits per heavy atom. The van der Waals surface area contributed by atoms with Crippen molar-refractivity contribution >= 4 is 11.9 Å². The second kappa shape index (κ2) is 8.46. The summed E-state index contributed by atoms with van der Waals surface area (Å²) in [4.78, 5) is 25.4. The lowest BCUT2D eigenvalue weighted by atomic mass is 9.84. The van der Waals surface area contributed by atoms with E-state index in [4.69, 9.17) is 14.2 Å². The molecule has 3 aliphatic rings. The molecule has 1 aromatic carbocycles. The van der Waals surface area contributed by atoms with E-state index < -0.39 is 18.2 Å². The van der Waals surface area contributed by atoms with Crippen LogP contribution < -0.4 is 0 Å². The Morgan fingerprint density at radius 1 is 1.13 bits per heavy atom. The lowest BCUT2D eigenvalue weighted by Crippen LogP contribution is -2.32. The van der Waals surface area contributed by atoms with Crippen LogP contribution in [0.5, 0.6) is 0 Å². The summed E-state index contributed by atoms with van der Waals surface area (Å²) < 4.78 is 17.6. The van der Waals surface area contributed by atoms with Crippen molar-refractivity contribution < 1.29 is 23.8 Å². The van der Waals surface area contributed by atoms with Gasteiger partial charge in [0.1, 0.15) is 18.3 Å². The maximum Gasteiger partial charge on any atom is 0.339 e. The Morgan fingerprint density at radius 2 is 1.90 bits per heavy atom. The number of ether oxygens (including phenoxy) is 3. The highest BCUT2D eigenvalue weighted by atomic mass is 16.6. The number of benzene rings is 1. The molecule has 0 spiro atoms. The Bertz CT molecular complexity index is 945. The van der Waals surface area contributed by atoms with Gasteiger partial charge in [0.15, 0.2) is 0 Å². The zero-order chi connectivity index (χ0) is 22.2. The average molecular weight is 423 g/mol. The molecule has 0 amide bonds. The van der Waals surface area contributed by atoms with Gasteiger partial charge in [-0.25, -0.2) is 9.59 Å². The summed E-state index contributed by atoms with van der Waals surface area (Å²) in [7, 11) is 0. The van der Waals surface area contributed by atoms with Crippen molar-refractivity contribution in [1.82, 2.24) is 0 Å². The summed E-state index contributed by atoms with van der Waals surface area (Å²) in [6.07, 6.45) is 6.98. The fourth-order valence-corrected chi connectivity index (χ4v) is 4.62. The summed E-state index contributed by atoms with van der Waals surface area (Å²) in [5.74, 6) is -1.06. The molecule has 0 aromatic heterocycles. The number of allylic oxidation sites excluding steroid dienone is 2. The molecule has 0 aliphatic carbocycles. The third-order valence-electron chi connectivity index (χ3n) is 6.64. The minimum atomic E-state index is -0.548. The van der Waals surface area contributed by atoms with Crippen molar-refractivity contribution in [3.05, 3.63) is 71.8 Å². The molecule has 0 N–H and O–H groups in total. The number of hydrogen-bond donors (Lipinski definition) is 0. The maximum atomic E-state index is 13.0. The Hall–Kier alpha value is -2.66. The first-order valence-electron chi connectivity index (χ1n) is 11.0. The minimum absolute atomic E-state index is 0.167. The predicted molar refractivity (Wildman–Crippen MR) is 118 cm³/mol. The highest BCUT2D eigenvalue weighted by Gasteiger charge is 2.61. The molecule has 0 unspecified atom stereocenters. The molecule has 2 saturated heterocycles. The van der Waals surface area contributed by atoms with Crippen molar-refractivity contribution in [2.75, 3.05) is 0 Å². The van der Waals surface area contributed by atoms with Crippen LogP contribution in [-0.2, 0) is 25.4 Å². The van der Waals surface area contributed by atoms with Crippen LogP contribution in [0.15, 0.2) is 60.7 Å². The predicted octanol–water partition coefficient (Wildman–Crippen LogP) is 4.72. The maximum absolute atomic E-state index is 13.0. The number of carbonyl (C=O) groups excluding carboxylic acids is 2. The number of cyclic esters (lactones) is 1. The zero-order valence-corrected chi connectivity index (χ0v) is 18.3. The van der Waals surface area contributed by atoms with Crippen LogP contribution in [0.3, 0.4) is 0 Å². The first-order valence-corrected chi connectivity index (χ1v) is 11.0. The summed E-state index contributed by atoms with van der Waals surface area (Å²) >= 11 is 0. The minimum Gasteiger partial charge on any atom is -0.455 e. The van der Waals surface area contributed by atoms with Crippen LogP contribution in [0.25, 0.3) is 0 Å². The molecule has 4 rings (SSSR count). The van der Waals surface area contributed by atoms with Crippen molar-refractivity contribution in [3.8, 4) is 0 Å². The molecule has 5 nitrogen and oxygen atoms in total. The second-order valence-electron chi connectivity index (χ2n) is 9.05. The van der Waals surface area contributed by atoms with E-state index in [0.29, 0.717) is 24.0 Å². The molecule has 1 aromatic rings. The van der Waals surface area contributed by atoms with Gasteiger partial charge in [0.05, 0.1) is 11.2 Å². The lowest BCUT2D eigenvalue weighted by Gasteiger charge is -2.24. The van der Waals surface area contributed by atoms with E-state index in [9.17, 15) is 9.59 Å². The molecule has 31 heavy (non-hydrogen) atoms. The quantitative estimate of drug-likeness (QED) is 0.284. The van der Waals surface area contributed by atoms with Crippen LogP contribution in [-0.4, -0.2) is 35.9 Å². The number of hydrogen-bond acceptors (Lipinski definition) is 5. The molecule has 5 heteroatoms. The summed E-state index contributed by atoms with van der Waals surface area (Å²) in [6, 6.07) is 7.50. The Kier molecular flexibility index (Phi) is 5.89. The number of esters is 2. The molecule has 3 aliphatic heterocycles. The second-order valence-corrected chi connectivity index (χ2v) is 9.05. The van der Waals surface area contributed by atoms with Crippen molar-refractivity contribution in [3.63, 3.8) is 0 Å². The van der Waals surface area contributed by atoms with Gasteiger partial charge in [0.25, 0.3) is 0 Å². The van der Waals surface area contributed by atoms with E-state index in [2.05, 4.69) is 32.2 Å². The molecular formula is C26H30O5. The van der Waals surface area contributed by atoms with Crippen LogP contribution >= 0.6 is 0 Å². The van der Waals surface area contributed by atoms with Crippen LogP contribution in [0.1, 0.15) is 55.5 Å². The van der Waals surface area contributed by atoms with Gasteiger partial charge in [-0.05, 0) is 63.2 Å². The highest BCUT2D eigenvalue weighted by Crippen LogP contribution is 2.49. The molecule has 0 saturated carbocycles. The van der Waals surface area contributed by atoms with E-state index in [1.807, 2.05) is 25.1 Å². The van der Waals surface area contributed by atoms with Gasteiger partial charge < -0.3 is 14.2 Å². The van der Waals surface area contributed by atoms with E-state index >= 15 is 0 Å². The molecule has 3 heterocycles. The number of rotatable bonds is 1. The van der Waals surface area contributed by atoms with E-state index in [1.54, 1.807) is 6.07 Å². The molecule has 164 valence electrons. The van der Waals surface area contributed by atoms with Gasteiger partial charge in [-0.3, -0.25) is 0 Å². The molecule has 5 atom stereocenters. The number of epoxide rings is 1. The largest absolute Gasteiger partial charge is 0.455 e. The number of carbonyl (C=O) groups is 2. The van der Waals surface area contributed by atoms with Crippen molar-refractivity contribution in [1.29, 1.82) is 0 Å². The third kappa shape index (κ3) is 4.38. The van der Waals surface area contributed by atoms with Crippen molar-refractivity contribution in [2.24, 2.45) is 5.92 Å². The van der Waals surface area contributed by atoms with E-state index in [0.717, 1.165) is 30.4 Å². The van der Waals surface area contributed by atoms with Gasteiger partial charge in [-0.2, -0.15) is 0 Å². The van der Waals surface area contributed by atoms with Gasteiger partial charge in [-0.1, -0.05) is 43.5 Å². The van der Waals surface area contributed by atoms with Crippen LogP contribution in [0.4, 0.5) is 0 Å². The Balaban J connectivity index is 1.65. The zero-order valence-electron chi connectivity index (χ0n) is 18.3. The van der Waals surface area contributed by atoms with Crippen LogP contribution in [0.2, 0.25) is 0 Å². The first kappa shape index (κ1) is 21.6. The SMILES string of the molecule is C=C(C)[C@@H]1C[C@H]2C(=C)C(=O)O[C@@H]2[C@@H]2O[C@]2(C)CCC/C=C\Cc2ccccc2C(=O)O1. The molecule has 0 radical (unpaired) electrons. The lowest BCUT2D eigenvalue weighted by molar-refractivity contribution is -0.140. The average Bonchev–Trinajstić information content (AvgIpc) is 3.33. The first-order chi connectivity index (χ1) is 14.8. The molecule has 0 bridgehead atoms. The fourth-order valence-electron chi connectivity index (χ4n) is 4.62. The summed E-state index contributed by atoms with van der Waals surface area (Å²) in [6.45, 7) is 11.9. The number of fused-ring (bicyclic) bond motifs is 4. The van der Waals surface area contributed by atoms with Gasteiger partial charge in [0.2, 0.25) is 0 Å². The van der Waals surface area contributed by atoms with Gasteiger partial charge in [0, 0.05) is 11.5 Å². The summed E-state index contributed by atoms with van der Waals surface area (Å²) in [5, 5.41) is 0. The van der Waals surface area contributed by atoms with Gasteiger partial charge >= 0.3 is 11.9 Å². The molecular weight excluding hydrogens is 392 g/mol. The van der Waals surface area contributed by atoms with E-state index in [-0.39, 0.29) is 23.6 Å². The topological polar surface area (TPSA) is 65.1 Å².